The molecule has 290 valence electrons. The zero-order valence-electron chi connectivity index (χ0n) is 33.9. The number of fused-ring (bicyclic) bond motifs is 3. The number of aromatic nitrogens is 3. The molecule has 0 aliphatic carbocycles. The average Bonchev–Trinajstić information content (AvgIpc) is 3.37. The number of rotatable bonds is 8. The monoisotopic (exact) mass is 789 g/mol. The van der Waals surface area contributed by atoms with E-state index in [4.69, 9.17) is 15.0 Å². The van der Waals surface area contributed by atoms with E-state index in [1.165, 1.54) is 11.1 Å². The molecule has 0 spiro atoms. The van der Waals surface area contributed by atoms with E-state index in [9.17, 15) is 0 Å². The first-order chi connectivity index (χ1) is 30.7. The molecule has 0 amide bonds. The van der Waals surface area contributed by atoms with Gasteiger partial charge in [-0.2, -0.15) is 0 Å². The molecule has 3 heterocycles. The Labute approximate surface area is 361 Å². The van der Waals surface area contributed by atoms with Crippen molar-refractivity contribution in [3.63, 3.8) is 0 Å². The van der Waals surface area contributed by atoms with E-state index >= 15 is 0 Å². The summed E-state index contributed by atoms with van der Waals surface area (Å²) in [6.45, 7) is 0. The summed E-state index contributed by atoms with van der Waals surface area (Å²) in [5, 5.41) is 2.14. The smallest absolute Gasteiger partial charge is 0.0978 e. The summed E-state index contributed by atoms with van der Waals surface area (Å²) in [5.41, 5.74) is 19.1. The normalized spacial score (nSPS) is 11.2. The van der Waals surface area contributed by atoms with Gasteiger partial charge in [-0.15, -0.1) is 0 Å². The first-order valence-electron chi connectivity index (χ1n) is 21.0. The van der Waals surface area contributed by atoms with Crippen LogP contribution in [-0.2, 0) is 0 Å². The fourth-order valence-electron chi connectivity index (χ4n) is 8.42. The van der Waals surface area contributed by atoms with Gasteiger partial charge in [0.2, 0.25) is 0 Å². The van der Waals surface area contributed by atoms with E-state index in [2.05, 4.69) is 212 Å². The van der Waals surface area contributed by atoms with Gasteiger partial charge >= 0.3 is 0 Å². The highest BCUT2D eigenvalue weighted by Gasteiger charge is 2.15. The second-order valence-electron chi connectivity index (χ2n) is 15.6. The SMILES string of the molecule is c1ccc(-c2cc(-c3ccc(-c4ccc(-c5cccc(-c6cc(-c7ccccc7)nc7c6ccc6ccc(-c8ccccc8)nc67)c5)cc4)cc3)cc(-c3ccccc3)n2)cc1. The fraction of sp³-hybridized carbons (Fsp3) is 0. The Balaban J connectivity index is 0.928. The van der Waals surface area contributed by atoms with Gasteiger partial charge in [0.15, 0.2) is 0 Å². The average molecular weight is 790 g/mol. The molecule has 11 rings (SSSR count). The third-order valence-corrected chi connectivity index (χ3v) is 11.7. The van der Waals surface area contributed by atoms with Crippen molar-refractivity contribution in [1.29, 1.82) is 0 Å². The number of nitrogens with zero attached hydrogens (tertiary/aromatic N) is 3. The van der Waals surface area contributed by atoms with Gasteiger partial charge in [0.05, 0.1) is 33.8 Å². The van der Waals surface area contributed by atoms with E-state index in [0.717, 1.165) is 100 Å². The molecular formula is C59H39N3. The number of pyridine rings is 3. The van der Waals surface area contributed by atoms with Gasteiger partial charge < -0.3 is 0 Å². The molecule has 3 heteroatoms. The van der Waals surface area contributed by atoms with Gasteiger partial charge in [-0.1, -0.05) is 206 Å². The maximum absolute atomic E-state index is 5.30. The van der Waals surface area contributed by atoms with Crippen LogP contribution in [-0.4, -0.2) is 15.0 Å². The van der Waals surface area contributed by atoms with E-state index in [-0.39, 0.29) is 0 Å². The zero-order chi connectivity index (χ0) is 41.2. The summed E-state index contributed by atoms with van der Waals surface area (Å²) in [4.78, 5) is 15.6. The van der Waals surface area contributed by atoms with Gasteiger partial charge in [0.25, 0.3) is 0 Å². The molecule has 0 fully saturated rings. The van der Waals surface area contributed by atoms with Crippen LogP contribution >= 0.6 is 0 Å². The number of hydrogen-bond acceptors (Lipinski definition) is 3. The molecule has 0 unspecified atom stereocenters. The highest BCUT2D eigenvalue weighted by molar-refractivity contribution is 6.10. The van der Waals surface area contributed by atoms with Gasteiger partial charge in [-0.25, -0.2) is 15.0 Å². The van der Waals surface area contributed by atoms with E-state index < -0.39 is 0 Å². The van der Waals surface area contributed by atoms with Crippen LogP contribution in [0.25, 0.3) is 111 Å². The maximum atomic E-state index is 5.30. The molecule has 0 radical (unpaired) electrons. The molecule has 11 aromatic rings. The molecule has 0 N–H and O–H groups in total. The lowest BCUT2D eigenvalue weighted by Crippen LogP contribution is -1.94. The van der Waals surface area contributed by atoms with Crippen LogP contribution in [0.5, 0.6) is 0 Å². The van der Waals surface area contributed by atoms with Crippen LogP contribution < -0.4 is 0 Å². The molecule has 62 heavy (non-hydrogen) atoms. The maximum Gasteiger partial charge on any atom is 0.0978 e. The lowest BCUT2D eigenvalue weighted by atomic mass is 9.93. The standard InChI is InChI=1S/C59H39N3/c1-5-14-44(15-6-1)54-35-33-48-32-34-52-53(39-57(47-20-11-4-12-21-47)62-59(52)58(48)61-54)50-23-13-22-49(36-50)42-28-24-40(25-29-42)41-26-30-43(31-27-41)51-37-55(45-16-7-2-8-17-45)60-56(38-51)46-18-9-3-10-19-46/h1-39H. The summed E-state index contributed by atoms with van der Waals surface area (Å²) in [6, 6.07) is 83.5. The predicted octanol–water partition coefficient (Wildman–Crippen LogP) is 15.5. The van der Waals surface area contributed by atoms with Crippen molar-refractivity contribution in [1.82, 2.24) is 15.0 Å². The fourth-order valence-corrected chi connectivity index (χ4v) is 8.42. The van der Waals surface area contributed by atoms with Crippen LogP contribution in [0.4, 0.5) is 0 Å². The van der Waals surface area contributed by atoms with Gasteiger partial charge in [-0.05, 0) is 74.8 Å². The van der Waals surface area contributed by atoms with Crippen LogP contribution in [0.2, 0.25) is 0 Å². The second-order valence-corrected chi connectivity index (χ2v) is 15.6. The minimum Gasteiger partial charge on any atom is -0.248 e. The van der Waals surface area contributed by atoms with Crippen molar-refractivity contribution < 1.29 is 0 Å². The number of benzene rings is 8. The van der Waals surface area contributed by atoms with Gasteiger partial charge in [0, 0.05) is 33.0 Å². The van der Waals surface area contributed by atoms with Crippen molar-refractivity contribution in [2.45, 2.75) is 0 Å². The molecule has 0 saturated heterocycles. The Hall–Kier alpha value is -8.27. The summed E-state index contributed by atoms with van der Waals surface area (Å²) >= 11 is 0. The van der Waals surface area contributed by atoms with Crippen LogP contribution in [0.3, 0.4) is 0 Å². The largest absolute Gasteiger partial charge is 0.248 e. The first-order valence-corrected chi connectivity index (χ1v) is 21.0. The van der Waals surface area contributed by atoms with E-state index in [1.54, 1.807) is 0 Å². The lowest BCUT2D eigenvalue weighted by molar-refractivity contribution is 1.32. The molecule has 0 aliphatic rings. The highest BCUT2D eigenvalue weighted by Crippen LogP contribution is 2.38. The molecule has 3 aromatic heterocycles. The Morgan fingerprint density at radius 1 is 0.210 bits per heavy atom. The summed E-state index contributed by atoms with van der Waals surface area (Å²) < 4.78 is 0. The summed E-state index contributed by atoms with van der Waals surface area (Å²) in [6.07, 6.45) is 0. The van der Waals surface area contributed by atoms with E-state index in [0.29, 0.717) is 0 Å². The van der Waals surface area contributed by atoms with Crippen molar-refractivity contribution in [3.05, 3.63) is 237 Å². The van der Waals surface area contributed by atoms with Gasteiger partial charge in [0.1, 0.15) is 0 Å². The third-order valence-electron chi connectivity index (χ3n) is 11.7. The minimum absolute atomic E-state index is 0.898. The second kappa shape index (κ2) is 16.1. The summed E-state index contributed by atoms with van der Waals surface area (Å²) in [5.74, 6) is 0. The molecule has 8 aromatic carbocycles. The molecule has 0 saturated carbocycles. The Bertz CT molecular complexity index is 3290. The first kappa shape index (κ1) is 36.8. The molecule has 3 nitrogen and oxygen atoms in total. The van der Waals surface area contributed by atoms with Crippen molar-refractivity contribution in [3.8, 4) is 89.5 Å². The molecule has 0 bridgehead atoms. The Morgan fingerprint density at radius 2 is 0.613 bits per heavy atom. The Morgan fingerprint density at radius 3 is 1.15 bits per heavy atom. The van der Waals surface area contributed by atoms with Gasteiger partial charge in [-0.3, -0.25) is 0 Å². The Kier molecular flexibility index (Phi) is 9.53. The van der Waals surface area contributed by atoms with Crippen molar-refractivity contribution in [2.75, 3.05) is 0 Å². The zero-order valence-corrected chi connectivity index (χ0v) is 33.9. The van der Waals surface area contributed by atoms with Crippen LogP contribution in [0, 0.1) is 0 Å². The number of hydrogen-bond donors (Lipinski definition) is 0. The molecule has 0 aliphatic heterocycles. The van der Waals surface area contributed by atoms with Crippen LogP contribution in [0.1, 0.15) is 0 Å². The third kappa shape index (κ3) is 7.23. The predicted molar refractivity (Wildman–Crippen MR) is 258 cm³/mol. The summed E-state index contributed by atoms with van der Waals surface area (Å²) in [7, 11) is 0. The van der Waals surface area contributed by atoms with Crippen molar-refractivity contribution in [2.24, 2.45) is 0 Å². The highest BCUT2D eigenvalue weighted by atomic mass is 14.8. The minimum atomic E-state index is 0.898. The topological polar surface area (TPSA) is 38.7 Å². The molecular weight excluding hydrogens is 751 g/mol. The van der Waals surface area contributed by atoms with E-state index in [1.807, 2.05) is 24.3 Å². The molecule has 0 atom stereocenters. The van der Waals surface area contributed by atoms with Crippen LogP contribution in [0.15, 0.2) is 237 Å². The quantitative estimate of drug-likeness (QED) is 0.144. The van der Waals surface area contributed by atoms with Crippen molar-refractivity contribution >= 4 is 21.8 Å². The lowest BCUT2D eigenvalue weighted by Gasteiger charge is -2.14.